The number of benzene rings is 2. The van der Waals surface area contributed by atoms with E-state index < -0.39 is 6.29 Å². The van der Waals surface area contributed by atoms with E-state index in [1.165, 1.54) is 0 Å². The Morgan fingerprint density at radius 2 is 1.85 bits per heavy atom. The third-order valence-electron chi connectivity index (χ3n) is 4.07. The Labute approximate surface area is 157 Å². The Hall–Kier alpha value is -2.48. The Morgan fingerprint density at radius 1 is 1.08 bits per heavy atom. The molecule has 0 aliphatic carbocycles. The van der Waals surface area contributed by atoms with Gasteiger partial charge in [-0.05, 0) is 42.3 Å². The number of hydrazine groups is 1. The van der Waals surface area contributed by atoms with E-state index in [0.717, 1.165) is 11.3 Å². The highest BCUT2D eigenvalue weighted by Gasteiger charge is 2.27. The molecular formula is C18H21ClN4O3. The van der Waals surface area contributed by atoms with Crippen molar-refractivity contribution >= 4 is 23.2 Å². The lowest BCUT2D eigenvalue weighted by Crippen LogP contribution is -2.68. The lowest BCUT2D eigenvalue weighted by atomic mass is 10.1. The van der Waals surface area contributed by atoms with Gasteiger partial charge in [0.15, 0.2) is 6.29 Å². The molecule has 2 aromatic carbocycles. The van der Waals surface area contributed by atoms with Gasteiger partial charge in [-0.15, -0.1) is 0 Å². The molecule has 1 heterocycles. The summed E-state index contributed by atoms with van der Waals surface area (Å²) in [5, 5.41) is 6.59. The molecule has 0 saturated carbocycles. The van der Waals surface area contributed by atoms with E-state index in [0.29, 0.717) is 22.9 Å². The third kappa shape index (κ3) is 4.37. The quantitative estimate of drug-likeness (QED) is 0.616. The second-order valence-electron chi connectivity index (χ2n) is 5.82. The summed E-state index contributed by atoms with van der Waals surface area (Å²) >= 11 is 6.03. The molecular weight excluding hydrogens is 356 g/mol. The molecule has 2 unspecified atom stereocenters. The van der Waals surface area contributed by atoms with Crippen molar-refractivity contribution in [3.8, 4) is 11.5 Å². The highest BCUT2D eigenvalue weighted by atomic mass is 35.5. The van der Waals surface area contributed by atoms with Crippen LogP contribution in [-0.2, 0) is 11.2 Å². The number of rotatable bonds is 6. The van der Waals surface area contributed by atoms with E-state index in [1.807, 2.05) is 24.3 Å². The van der Waals surface area contributed by atoms with Gasteiger partial charge < -0.3 is 20.1 Å². The van der Waals surface area contributed by atoms with Crippen molar-refractivity contribution in [2.45, 2.75) is 18.8 Å². The minimum atomic E-state index is -0.498. The summed E-state index contributed by atoms with van der Waals surface area (Å²) in [6, 6.07) is 12.5. The molecule has 1 saturated heterocycles. The Morgan fingerprint density at radius 3 is 2.50 bits per heavy atom. The molecule has 8 heteroatoms. The molecule has 138 valence electrons. The van der Waals surface area contributed by atoms with Crippen molar-refractivity contribution in [1.29, 1.82) is 0 Å². The largest absolute Gasteiger partial charge is 0.497 e. The average Bonchev–Trinajstić information content (AvgIpc) is 2.65. The Balaban J connectivity index is 1.59. The van der Waals surface area contributed by atoms with Gasteiger partial charge in [0.2, 0.25) is 5.91 Å². The smallest absolute Gasteiger partial charge is 0.241 e. The number of hydrogen-bond acceptors (Lipinski definition) is 6. The third-order valence-corrected chi connectivity index (χ3v) is 4.30. The fourth-order valence-corrected chi connectivity index (χ4v) is 2.86. The van der Waals surface area contributed by atoms with Crippen LogP contribution in [0, 0.1) is 0 Å². The molecule has 2 atom stereocenters. The second kappa shape index (κ2) is 8.27. The number of carbonyl (C=O) groups is 1. The van der Waals surface area contributed by atoms with Crippen LogP contribution in [0.1, 0.15) is 5.56 Å². The molecule has 0 radical (unpaired) electrons. The highest BCUT2D eigenvalue weighted by Crippen LogP contribution is 2.27. The molecule has 3 rings (SSSR count). The molecule has 0 spiro atoms. The number of nitrogens with one attached hydrogen (secondary N) is 4. The zero-order valence-corrected chi connectivity index (χ0v) is 15.3. The number of amides is 1. The Bertz CT molecular complexity index is 770. The fraction of sp³-hybridized carbons (Fsp3) is 0.278. The molecule has 7 nitrogen and oxygen atoms in total. The van der Waals surface area contributed by atoms with Crippen LogP contribution in [0.5, 0.6) is 11.5 Å². The first-order valence-electron chi connectivity index (χ1n) is 8.13. The van der Waals surface area contributed by atoms with Gasteiger partial charge in [0, 0.05) is 5.02 Å². The topological polar surface area (TPSA) is 83.7 Å². The van der Waals surface area contributed by atoms with Gasteiger partial charge in [0.1, 0.15) is 17.5 Å². The van der Waals surface area contributed by atoms with Crippen LogP contribution in [-0.4, -0.2) is 32.5 Å². The number of methoxy groups -OCH3 is 2. The maximum Gasteiger partial charge on any atom is 0.241 e. The fourth-order valence-electron chi connectivity index (χ4n) is 2.69. The molecule has 4 N–H and O–H groups in total. The zero-order chi connectivity index (χ0) is 18.5. The standard InChI is InChI=1S/C18H21ClN4O3/c1-25-13-6-3-11(4-7-13)9-15-17(24)21-18(23-22-15)20-14-10-12(19)5-8-16(14)26-2/h3-8,10,15,18,20,22-23H,9H2,1-2H3,(H,21,24). The normalized spacial score (nSPS) is 19.6. The highest BCUT2D eigenvalue weighted by molar-refractivity contribution is 6.30. The van der Waals surface area contributed by atoms with Crippen molar-refractivity contribution in [3.63, 3.8) is 0 Å². The monoisotopic (exact) mass is 376 g/mol. The van der Waals surface area contributed by atoms with Gasteiger partial charge in [-0.3, -0.25) is 4.79 Å². The van der Waals surface area contributed by atoms with Crippen molar-refractivity contribution < 1.29 is 14.3 Å². The number of carbonyl (C=O) groups excluding carboxylic acids is 1. The predicted molar refractivity (Wildman–Crippen MR) is 100 cm³/mol. The van der Waals surface area contributed by atoms with E-state index in [9.17, 15) is 4.79 Å². The maximum absolute atomic E-state index is 12.4. The van der Waals surface area contributed by atoms with Gasteiger partial charge >= 0.3 is 0 Å². The summed E-state index contributed by atoms with van der Waals surface area (Å²) in [5.74, 6) is 1.30. The van der Waals surface area contributed by atoms with Gasteiger partial charge in [0.05, 0.1) is 19.9 Å². The predicted octanol–water partition coefficient (Wildman–Crippen LogP) is 1.89. The van der Waals surface area contributed by atoms with Crippen molar-refractivity contribution in [3.05, 3.63) is 53.1 Å². The minimum absolute atomic E-state index is 0.113. The summed E-state index contributed by atoms with van der Waals surface area (Å²) < 4.78 is 10.4. The number of ether oxygens (including phenoxy) is 2. The number of halogens is 1. The summed E-state index contributed by atoms with van der Waals surface area (Å²) in [6.07, 6.45) is 0.0535. The molecule has 2 aromatic rings. The SMILES string of the molecule is COc1ccc(CC2NNC(Nc3cc(Cl)ccc3OC)NC2=O)cc1. The maximum atomic E-state index is 12.4. The first kappa shape index (κ1) is 18.3. The van der Waals surface area contributed by atoms with Crippen molar-refractivity contribution in [1.82, 2.24) is 16.2 Å². The molecule has 1 amide bonds. The van der Waals surface area contributed by atoms with Crippen LogP contribution in [0.25, 0.3) is 0 Å². The van der Waals surface area contributed by atoms with Crippen LogP contribution in [0.2, 0.25) is 5.02 Å². The first-order chi connectivity index (χ1) is 12.6. The van der Waals surface area contributed by atoms with E-state index in [1.54, 1.807) is 32.4 Å². The lowest BCUT2D eigenvalue weighted by molar-refractivity contribution is -0.126. The average molecular weight is 377 g/mol. The lowest BCUT2D eigenvalue weighted by Gasteiger charge is -2.32. The summed E-state index contributed by atoms with van der Waals surface area (Å²) in [4.78, 5) is 12.4. The summed E-state index contributed by atoms with van der Waals surface area (Å²) in [5.41, 5.74) is 7.79. The van der Waals surface area contributed by atoms with E-state index in [2.05, 4.69) is 21.5 Å². The first-order valence-corrected chi connectivity index (χ1v) is 8.51. The zero-order valence-electron chi connectivity index (χ0n) is 14.5. The molecule has 0 bridgehead atoms. The molecule has 1 fully saturated rings. The van der Waals surface area contributed by atoms with Crippen LogP contribution in [0.4, 0.5) is 5.69 Å². The number of anilines is 1. The molecule has 26 heavy (non-hydrogen) atoms. The van der Waals surface area contributed by atoms with Gasteiger partial charge in [-0.25, -0.2) is 10.9 Å². The van der Waals surface area contributed by atoms with Crippen LogP contribution in [0.15, 0.2) is 42.5 Å². The molecule has 0 aromatic heterocycles. The second-order valence-corrected chi connectivity index (χ2v) is 6.26. The van der Waals surface area contributed by atoms with Gasteiger partial charge in [-0.1, -0.05) is 23.7 Å². The molecule has 1 aliphatic heterocycles. The van der Waals surface area contributed by atoms with E-state index >= 15 is 0 Å². The van der Waals surface area contributed by atoms with Gasteiger partial charge in [-0.2, -0.15) is 0 Å². The van der Waals surface area contributed by atoms with E-state index in [-0.39, 0.29) is 11.9 Å². The van der Waals surface area contributed by atoms with Crippen molar-refractivity contribution in [2.24, 2.45) is 0 Å². The van der Waals surface area contributed by atoms with Crippen LogP contribution < -0.4 is 31.0 Å². The summed E-state index contributed by atoms with van der Waals surface area (Å²) in [7, 11) is 3.20. The molecule has 1 aliphatic rings. The number of hydrogen-bond donors (Lipinski definition) is 4. The summed E-state index contributed by atoms with van der Waals surface area (Å²) in [6.45, 7) is 0. The van der Waals surface area contributed by atoms with Gasteiger partial charge in [0.25, 0.3) is 0 Å². The van der Waals surface area contributed by atoms with E-state index in [4.69, 9.17) is 21.1 Å². The van der Waals surface area contributed by atoms with Crippen LogP contribution >= 0.6 is 11.6 Å². The Kier molecular flexibility index (Phi) is 5.82. The van der Waals surface area contributed by atoms with Crippen LogP contribution in [0.3, 0.4) is 0 Å². The van der Waals surface area contributed by atoms with Crippen molar-refractivity contribution in [2.75, 3.05) is 19.5 Å². The minimum Gasteiger partial charge on any atom is -0.497 e.